The second-order valence-corrected chi connectivity index (χ2v) is 4.57. The van der Waals surface area contributed by atoms with Crippen LogP contribution >= 0.6 is 0 Å². The molecule has 0 spiro atoms. The minimum absolute atomic E-state index is 0.0570. The number of benzene rings is 1. The number of unbranched alkanes of at least 4 members (excludes halogenated alkanes) is 1. The molecular weight excluding hydrogens is 198 g/mol. The Hall–Kier alpha value is -1.02. The van der Waals surface area contributed by atoms with Gasteiger partial charge in [-0.15, -0.1) is 0 Å². The average Bonchev–Trinajstić information content (AvgIpc) is 2.63. The highest BCUT2D eigenvalue weighted by atomic mass is 16.5. The highest BCUT2D eigenvalue weighted by Crippen LogP contribution is 2.37. The van der Waals surface area contributed by atoms with E-state index in [-0.39, 0.29) is 12.1 Å². The molecule has 2 heteroatoms. The number of aryl methyl sites for hydroxylation is 1. The van der Waals surface area contributed by atoms with Crippen LogP contribution in [0.4, 0.5) is 0 Å². The molecule has 1 aromatic carbocycles. The topological polar surface area (TPSA) is 35.2 Å². The van der Waals surface area contributed by atoms with Gasteiger partial charge in [0.1, 0.15) is 11.9 Å². The number of ether oxygens (including phenoxy) is 1. The van der Waals surface area contributed by atoms with Crippen molar-refractivity contribution in [3.63, 3.8) is 0 Å². The molecule has 2 nitrogen and oxygen atoms in total. The van der Waals surface area contributed by atoms with Crippen molar-refractivity contribution in [2.75, 3.05) is 0 Å². The second-order valence-electron chi connectivity index (χ2n) is 4.57. The van der Waals surface area contributed by atoms with E-state index in [0.29, 0.717) is 0 Å². The van der Waals surface area contributed by atoms with Crippen molar-refractivity contribution in [1.82, 2.24) is 0 Å². The molecule has 0 aromatic heterocycles. The van der Waals surface area contributed by atoms with Crippen LogP contribution in [0, 0.1) is 0 Å². The van der Waals surface area contributed by atoms with Gasteiger partial charge in [0.25, 0.3) is 0 Å². The summed E-state index contributed by atoms with van der Waals surface area (Å²) in [6, 6.07) is 6.53. The Morgan fingerprint density at radius 2 is 2.12 bits per heavy atom. The summed E-state index contributed by atoms with van der Waals surface area (Å²) in [7, 11) is 0. The largest absolute Gasteiger partial charge is 0.488 e. The molecular formula is C14H21NO. The number of rotatable bonds is 4. The van der Waals surface area contributed by atoms with Gasteiger partial charge >= 0.3 is 0 Å². The standard InChI is InChI=1S/C14H21NO/c1-3-5-6-10-7-8-13-11(9-10)14(15)12(4-2)16-13/h7-9,12,14H,3-6,15H2,1-2H3. The highest BCUT2D eigenvalue weighted by molar-refractivity contribution is 5.43. The van der Waals surface area contributed by atoms with E-state index in [1.807, 2.05) is 0 Å². The average molecular weight is 219 g/mol. The van der Waals surface area contributed by atoms with E-state index in [1.54, 1.807) is 0 Å². The van der Waals surface area contributed by atoms with Crippen LogP contribution in [0.15, 0.2) is 18.2 Å². The lowest BCUT2D eigenvalue weighted by atomic mass is 9.99. The van der Waals surface area contributed by atoms with E-state index < -0.39 is 0 Å². The van der Waals surface area contributed by atoms with Gasteiger partial charge in [-0.2, -0.15) is 0 Å². The fourth-order valence-corrected chi connectivity index (χ4v) is 2.28. The van der Waals surface area contributed by atoms with Crippen molar-refractivity contribution in [3.05, 3.63) is 29.3 Å². The van der Waals surface area contributed by atoms with E-state index in [0.717, 1.165) is 18.6 Å². The lowest BCUT2D eigenvalue weighted by Gasteiger charge is -2.11. The predicted octanol–water partition coefficient (Wildman–Crippen LogP) is 3.20. The Morgan fingerprint density at radius 3 is 2.81 bits per heavy atom. The first-order chi connectivity index (χ1) is 7.76. The first kappa shape index (κ1) is 11.5. The van der Waals surface area contributed by atoms with Crippen LogP contribution in [-0.2, 0) is 6.42 Å². The van der Waals surface area contributed by atoms with E-state index in [2.05, 4.69) is 32.0 Å². The molecule has 88 valence electrons. The van der Waals surface area contributed by atoms with Crippen LogP contribution in [0.2, 0.25) is 0 Å². The third-order valence-electron chi connectivity index (χ3n) is 3.33. The van der Waals surface area contributed by atoms with Crippen molar-refractivity contribution in [2.24, 2.45) is 5.73 Å². The van der Waals surface area contributed by atoms with E-state index in [4.69, 9.17) is 10.5 Å². The minimum Gasteiger partial charge on any atom is -0.488 e. The van der Waals surface area contributed by atoms with Crippen LogP contribution in [0.3, 0.4) is 0 Å². The maximum absolute atomic E-state index is 6.17. The first-order valence-corrected chi connectivity index (χ1v) is 6.31. The van der Waals surface area contributed by atoms with Crippen molar-refractivity contribution < 1.29 is 4.74 Å². The van der Waals surface area contributed by atoms with Gasteiger partial charge in [0.15, 0.2) is 0 Å². The molecule has 16 heavy (non-hydrogen) atoms. The van der Waals surface area contributed by atoms with Crippen LogP contribution in [0.25, 0.3) is 0 Å². The number of nitrogens with two attached hydrogens (primary N) is 1. The highest BCUT2D eigenvalue weighted by Gasteiger charge is 2.29. The zero-order chi connectivity index (χ0) is 11.5. The van der Waals surface area contributed by atoms with Gasteiger partial charge in [0.2, 0.25) is 0 Å². The third-order valence-corrected chi connectivity index (χ3v) is 3.33. The number of fused-ring (bicyclic) bond motifs is 1. The molecule has 1 heterocycles. The summed E-state index contributed by atoms with van der Waals surface area (Å²) in [4.78, 5) is 0. The lowest BCUT2D eigenvalue weighted by Crippen LogP contribution is -2.24. The molecule has 2 unspecified atom stereocenters. The van der Waals surface area contributed by atoms with Crippen molar-refractivity contribution >= 4 is 0 Å². The molecule has 2 N–H and O–H groups in total. The van der Waals surface area contributed by atoms with E-state index in [1.165, 1.54) is 24.0 Å². The van der Waals surface area contributed by atoms with Crippen molar-refractivity contribution in [3.8, 4) is 5.75 Å². The third kappa shape index (κ3) is 2.07. The molecule has 2 rings (SSSR count). The Bertz CT molecular complexity index is 362. The van der Waals surface area contributed by atoms with Gasteiger partial charge in [-0.05, 0) is 30.9 Å². The van der Waals surface area contributed by atoms with Gasteiger partial charge in [-0.1, -0.05) is 32.4 Å². The molecule has 0 bridgehead atoms. The summed E-state index contributed by atoms with van der Waals surface area (Å²) in [6.45, 7) is 4.34. The van der Waals surface area contributed by atoms with Gasteiger partial charge < -0.3 is 10.5 Å². The fraction of sp³-hybridized carbons (Fsp3) is 0.571. The lowest BCUT2D eigenvalue weighted by molar-refractivity contribution is 0.202. The molecule has 0 saturated carbocycles. The number of hydrogen-bond acceptors (Lipinski definition) is 2. The molecule has 0 amide bonds. The number of hydrogen-bond donors (Lipinski definition) is 1. The SMILES string of the molecule is CCCCc1ccc2c(c1)C(N)C(CC)O2. The zero-order valence-electron chi connectivity index (χ0n) is 10.2. The molecule has 1 aliphatic rings. The van der Waals surface area contributed by atoms with Gasteiger partial charge in [0.05, 0.1) is 6.04 Å². The van der Waals surface area contributed by atoms with E-state index >= 15 is 0 Å². The van der Waals surface area contributed by atoms with Gasteiger partial charge in [-0.25, -0.2) is 0 Å². The van der Waals surface area contributed by atoms with Gasteiger partial charge in [-0.3, -0.25) is 0 Å². The quantitative estimate of drug-likeness (QED) is 0.844. The Balaban J connectivity index is 2.17. The van der Waals surface area contributed by atoms with Crippen LogP contribution in [-0.4, -0.2) is 6.10 Å². The fourth-order valence-electron chi connectivity index (χ4n) is 2.28. The Morgan fingerprint density at radius 1 is 1.31 bits per heavy atom. The summed E-state index contributed by atoms with van der Waals surface area (Å²) >= 11 is 0. The molecule has 1 aliphatic heterocycles. The molecule has 1 aromatic rings. The summed E-state index contributed by atoms with van der Waals surface area (Å²) in [5.41, 5.74) is 8.75. The summed E-state index contributed by atoms with van der Waals surface area (Å²) in [5, 5.41) is 0. The predicted molar refractivity (Wildman–Crippen MR) is 66.7 cm³/mol. The van der Waals surface area contributed by atoms with Crippen molar-refractivity contribution in [2.45, 2.75) is 51.7 Å². The summed E-state index contributed by atoms with van der Waals surface area (Å²) < 4.78 is 5.80. The molecule has 0 radical (unpaired) electrons. The van der Waals surface area contributed by atoms with E-state index in [9.17, 15) is 0 Å². The summed E-state index contributed by atoms with van der Waals surface area (Å²) in [5.74, 6) is 0.986. The maximum atomic E-state index is 6.17. The molecule has 0 fully saturated rings. The zero-order valence-corrected chi connectivity index (χ0v) is 10.2. The van der Waals surface area contributed by atoms with Crippen LogP contribution < -0.4 is 10.5 Å². The van der Waals surface area contributed by atoms with Crippen molar-refractivity contribution in [1.29, 1.82) is 0 Å². The first-order valence-electron chi connectivity index (χ1n) is 6.31. The maximum Gasteiger partial charge on any atom is 0.124 e. The summed E-state index contributed by atoms with van der Waals surface area (Å²) in [6.07, 6.45) is 4.76. The van der Waals surface area contributed by atoms with Crippen LogP contribution in [0.5, 0.6) is 5.75 Å². The Labute approximate surface area is 97.8 Å². The normalized spacial score (nSPS) is 22.9. The van der Waals surface area contributed by atoms with Crippen LogP contribution in [0.1, 0.15) is 50.3 Å². The smallest absolute Gasteiger partial charge is 0.124 e. The molecule has 2 atom stereocenters. The molecule has 0 aliphatic carbocycles. The minimum atomic E-state index is 0.0570. The Kier molecular flexibility index (Phi) is 3.49. The second kappa shape index (κ2) is 4.88. The molecule has 0 saturated heterocycles. The van der Waals surface area contributed by atoms with Gasteiger partial charge in [0, 0.05) is 5.56 Å². The monoisotopic (exact) mass is 219 g/mol.